The highest BCUT2D eigenvalue weighted by atomic mass is 79.9. The lowest BCUT2D eigenvalue weighted by molar-refractivity contribution is -0.287. The molecule has 0 bridgehead atoms. The lowest BCUT2D eigenvalue weighted by Gasteiger charge is -2.16. The van der Waals surface area contributed by atoms with Crippen LogP contribution >= 0.6 is 15.9 Å². The molecular weight excluding hydrogens is 374 g/mol. The first kappa shape index (κ1) is 17.6. The second-order valence-electron chi connectivity index (χ2n) is 3.62. The summed E-state index contributed by atoms with van der Waals surface area (Å²) in [6.07, 6.45) is -10.4. The highest BCUT2D eigenvalue weighted by Crippen LogP contribution is 2.36. The van der Waals surface area contributed by atoms with Crippen LogP contribution in [0.5, 0.6) is 11.5 Å². The van der Waals surface area contributed by atoms with Crippen LogP contribution in [-0.4, -0.2) is 23.8 Å². The van der Waals surface area contributed by atoms with Gasteiger partial charge in [-0.3, -0.25) is 4.79 Å². The molecule has 0 aromatic heterocycles. The molecule has 0 aliphatic carbocycles. The van der Waals surface area contributed by atoms with Gasteiger partial charge in [-0.1, -0.05) is 15.9 Å². The van der Waals surface area contributed by atoms with E-state index in [0.717, 1.165) is 6.07 Å². The third kappa shape index (κ3) is 6.23. The molecule has 10 heteroatoms. The molecule has 21 heavy (non-hydrogen) atoms. The van der Waals surface area contributed by atoms with E-state index in [2.05, 4.69) is 25.4 Å². The van der Waals surface area contributed by atoms with Crippen molar-refractivity contribution in [3.63, 3.8) is 0 Å². The van der Waals surface area contributed by atoms with E-state index in [-0.39, 0.29) is 17.3 Å². The van der Waals surface area contributed by atoms with E-state index >= 15 is 0 Å². The Bertz CT molecular complexity index is 512. The predicted molar refractivity (Wildman–Crippen MR) is 62.5 cm³/mol. The predicted octanol–water partition coefficient (Wildman–Crippen LogP) is 4.45. The molecule has 0 fully saturated rings. The monoisotopic (exact) mass is 380 g/mol. The lowest BCUT2D eigenvalue weighted by Crippen LogP contribution is -2.21. The first-order valence-corrected chi connectivity index (χ1v) is 6.38. The second-order valence-corrected chi connectivity index (χ2v) is 4.41. The van der Waals surface area contributed by atoms with Gasteiger partial charge in [0.1, 0.15) is 0 Å². The molecule has 0 atom stereocenters. The van der Waals surface area contributed by atoms with Crippen LogP contribution in [0.3, 0.4) is 0 Å². The topological polar surface area (TPSA) is 35.5 Å². The number of alkyl halides is 7. The van der Waals surface area contributed by atoms with Crippen LogP contribution in [-0.2, 0) is 0 Å². The van der Waals surface area contributed by atoms with Crippen LogP contribution < -0.4 is 9.47 Å². The summed E-state index contributed by atoms with van der Waals surface area (Å²) < 4.78 is 79.7. The molecule has 0 unspecified atom stereocenters. The summed E-state index contributed by atoms with van der Waals surface area (Å²) in [5.74, 6) is -2.98. The van der Waals surface area contributed by atoms with Gasteiger partial charge in [0.05, 0.1) is 0 Å². The maximum Gasteiger partial charge on any atom is 0.573 e. The van der Waals surface area contributed by atoms with Crippen molar-refractivity contribution in [2.24, 2.45) is 0 Å². The van der Waals surface area contributed by atoms with E-state index in [4.69, 9.17) is 0 Å². The van der Waals surface area contributed by atoms with Crippen LogP contribution in [0, 0.1) is 0 Å². The summed E-state index contributed by atoms with van der Waals surface area (Å²) in [5, 5.41) is 0.252. The van der Waals surface area contributed by atoms with Gasteiger partial charge >= 0.3 is 12.7 Å². The quantitative estimate of drug-likeness (QED) is 0.430. The van der Waals surface area contributed by atoms with Crippen molar-refractivity contribution in [1.82, 2.24) is 0 Å². The number of rotatable bonds is 5. The second kappa shape index (κ2) is 6.54. The third-order valence-electron chi connectivity index (χ3n) is 2.04. The van der Waals surface area contributed by atoms with Crippen molar-refractivity contribution in [2.45, 2.75) is 19.1 Å². The van der Waals surface area contributed by atoms with E-state index in [0.29, 0.717) is 12.1 Å². The SMILES string of the molecule is O=C(CCBr)c1ccc(OC(F)(F)F)c(OC(F)(F)F)c1. The minimum atomic E-state index is -5.22. The molecule has 0 spiro atoms. The highest BCUT2D eigenvalue weighted by Gasteiger charge is 2.36. The summed E-state index contributed by atoms with van der Waals surface area (Å²) in [6.45, 7) is 0. The number of hydrogen-bond acceptors (Lipinski definition) is 3. The maximum absolute atomic E-state index is 12.2. The van der Waals surface area contributed by atoms with Crippen molar-refractivity contribution in [3.05, 3.63) is 23.8 Å². The number of carbonyl (C=O) groups excluding carboxylic acids is 1. The Morgan fingerprint density at radius 3 is 2.00 bits per heavy atom. The standard InChI is InChI=1S/C11H7BrF6O3/c12-4-3-7(19)6-1-2-8(20-10(13,14)15)9(5-6)21-11(16,17)18/h1-2,5H,3-4H2. The molecule has 0 aliphatic rings. The van der Waals surface area contributed by atoms with Crippen molar-refractivity contribution in [1.29, 1.82) is 0 Å². The summed E-state index contributed by atoms with van der Waals surface area (Å²) in [6, 6.07) is 2.07. The smallest absolute Gasteiger partial charge is 0.402 e. The molecule has 0 saturated heterocycles. The fraction of sp³-hybridized carbons (Fsp3) is 0.364. The van der Waals surface area contributed by atoms with Crippen LogP contribution in [0.25, 0.3) is 0 Å². The Hall–Kier alpha value is -1.45. The fourth-order valence-electron chi connectivity index (χ4n) is 1.33. The van der Waals surface area contributed by atoms with E-state index in [1.807, 2.05) is 0 Å². The average molecular weight is 381 g/mol. The zero-order valence-electron chi connectivity index (χ0n) is 10.0. The van der Waals surface area contributed by atoms with E-state index in [1.165, 1.54) is 0 Å². The number of ketones is 1. The molecule has 118 valence electrons. The number of hydrogen-bond donors (Lipinski definition) is 0. The first-order valence-electron chi connectivity index (χ1n) is 5.26. The van der Waals surface area contributed by atoms with Gasteiger partial charge in [0.25, 0.3) is 0 Å². The molecule has 1 rings (SSSR count). The fourth-order valence-corrected chi connectivity index (χ4v) is 1.69. The molecule has 0 heterocycles. The van der Waals surface area contributed by atoms with Gasteiger partial charge in [-0.25, -0.2) is 0 Å². The van der Waals surface area contributed by atoms with E-state index in [1.54, 1.807) is 0 Å². The molecule has 1 aromatic carbocycles. The Morgan fingerprint density at radius 1 is 1.00 bits per heavy atom. The van der Waals surface area contributed by atoms with Crippen LogP contribution in [0.1, 0.15) is 16.8 Å². The van der Waals surface area contributed by atoms with Gasteiger partial charge < -0.3 is 9.47 Å². The van der Waals surface area contributed by atoms with Crippen LogP contribution in [0.2, 0.25) is 0 Å². The van der Waals surface area contributed by atoms with Gasteiger partial charge in [0.2, 0.25) is 0 Å². The van der Waals surface area contributed by atoms with Crippen LogP contribution in [0.15, 0.2) is 18.2 Å². The van der Waals surface area contributed by atoms with E-state index < -0.39 is 30.0 Å². The zero-order chi connectivity index (χ0) is 16.3. The van der Waals surface area contributed by atoms with Crippen LogP contribution in [0.4, 0.5) is 26.3 Å². The van der Waals surface area contributed by atoms with Gasteiger partial charge in [-0.2, -0.15) is 0 Å². The summed E-state index contributed by atoms with van der Waals surface area (Å²) in [7, 11) is 0. The number of carbonyl (C=O) groups is 1. The Kier molecular flexibility index (Phi) is 5.48. The van der Waals surface area contributed by atoms with Gasteiger partial charge in [0, 0.05) is 17.3 Å². The minimum Gasteiger partial charge on any atom is -0.402 e. The summed E-state index contributed by atoms with van der Waals surface area (Å²) in [5.41, 5.74) is -0.219. The van der Waals surface area contributed by atoms with Gasteiger partial charge in [0.15, 0.2) is 17.3 Å². The minimum absolute atomic E-state index is 0.0368. The molecular formula is C11H7BrF6O3. The Balaban J connectivity index is 3.16. The van der Waals surface area contributed by atoms with Crippen molar-refractivity contribution in [3.8, 4) is 11.5 Å². The third-order valence-corrected chi connectivity index (χ3v) is 2.44. The maximum atomic E-state index is 12.2. The normalized spacial score (nSPS) is 12.1. The molecule has 0 aliphatic heterocycles. The Morgan fingerprint density at radius 2 is 1.52 bits per heavy atom. The molecule has 0 N–H and O–H groups in total. The lowest BCUT2D eigenvalue weighted by atomic mass is 10.1. The molecule has 0 saturated carbocycles. The molecule has 0 radical (unpaired) electrons. The van der Waals surface area contributed by atoms with Gasteiger partial charge in [-0.15, -0.1) is 26.3 Å². The zero-order valence-corrected chi connectivity index (χ0v) is 11.6. The first-order chi connectivity index (χ1) is 9.52. The largest absolute Gasteiger partial charge is 0.573 e. The van der Waals surface area contributed by atoms with E-state index in [9.17, 15) is 31.1 Å². The number of halogens is 7. The molecule has 3 nitrogen and oxygen atoms in total. The molecule has 1 aromatic rings. The number of ether oxygens (including phenoxy) is 2. The summed E-state index contributed by atoms with van der Waals surface area (Å²) in [4.78, 5) is 11.5. The van der Waals surface area contributed by atoms with Crippen molar-refractivity contribution < 1.29 is 40.6 Å². The number of benzene rings is 1. The molecule has 0 amide bonds. The Labute approximate surface area is 123 Å². The van der Waals surface area contributed by atoms with Gasteiger partial charge in [-0.05, 0) is 18.2 Å². The highest BCUT2D eigenvalue weighted by molar-refractivity contribution is 9.09. The number of Topliss-reactive ketones (excluding diaryl/α,β-unsaturated/α-hetero) is 1. The van der Waals surface area contributed by atoms with Crippen molar-refractivity contribution in [2.75, 3.05) is 5.33 Å². The van der Waals surface area contributed by atoms with Crippen molar-refractivity contribution >= 4 is 21.7 Å². The average Bonchev–Trinajstić information content (AvgIpc) is 2.28. The summed E-state index contributed by atoms with van der Waals surface area (Å²) >= 11 is 2.96.